The Morgan fingerprint density at radius 3 is 2.65 bits per heavy atom. The molecule has 98 valence electrons. The summed E-state index contributed by atoms with van der Waals surface area (Å²) in [6.07, 6.45) is 1.28. The number of alkyl halides is 1. The molecule has 0 radical (unpaired) electrons. The molecule has 1 heterocycles. The van der Waals surface area contributed by atoms with Gasteiger partial charge in [0, 0.05) is 12.9 Å². The fraction of sp³-hybridized carbons (Fsp3) is 0.778. The van der Waals surface area contributed by atoms with Crippen molar-refractivity contribution in [2.75, 3.05) is 18.7 Å². The van der Waals surface area contributed by atoms with Crippen LogP contribution in [0.4, 0.5) is 0 Å². The van der Waals surface area contributed by atoms with E-state index >= 15 is 0 Å². The summed E-state index contributed by atoms with van der Waals surface area (Å²) in [6.45, 7) is 1.96. The summed E-state index contributed by atoms with van der Waals surface area (Å²) >= 11 is 5.51. The summed E-state index contributed by atoms with van der Waals surface area (Å²) in [5.41, 5.74) is 0. The fourth-order valence-electron chi connectivity index (χ4n) is 1.29. The van der Waals surface area contributed by atoms with Crippen LogP contribution in [-0.2, 0) is 16.6 Å². The second kappa shape index (κ2) is 6.32. The summed E-state index contributed by atoms with van der Waals surface area (Å²) in [5, 5.41) is 6.58. The maximum absolute atomic E-state index is 11.8. The van der Waals surface area contributed by atoms with Crippen LogP contribution >= 0.6 is 11.6 Å². The molecule has 0 aliphatic rings. The molecule has 0 bridgehead atoms. The highest BCUT2D eigenvalue weighted by Crippen LogP contribution is 2.06. The highest BCUT2D eigenvalue weighted by atomic mass is 35.5. The Balaban J connectivity index is 2.53. The first-order valence-corrected chi connectivity index (χ1v) is 7.48. The van der Waals surface area contributed by atoms with E-state index < -0.39 is 10.0 Å². The first-order chi connectivity index (χ1) is 7.95. The highest BCUT2D eigenvalue weighted by molar-refractivity contribution is 7.89. The number of rotatable bonds is 7. The van der Waals surface area contributed by atoms with Crippen LogP contribution in [0.5, 0.6) is 0 Å². The molecule has 0 aromatic carbocycles. The topological polar surface area (TPSA) is 79.0 Å². The van der Waals surface area contributed by atoms with Crippen LogP contribution in [0.15, 0.2) is 0 Å². The summed E-state index contributed by atoms with van der Waals surface area (Å²) < 4.78 is 24.9. The normalized spacial score (nSPS) is 12.2. The monoisotopic (exact) mass is 280 g/mol. The van der Waals surface area contributed by atoms with Crippen molar-refractivity contribution >= 4 is 21.6 Å². The lowest BCUT2D eigenvalue weighted by atomic mass is 10.4. The minimum absolute atomic E-state index is 0.111. The SMILES string of the molecule is Cc1nc(CN(C)S(=O)(=O)CCCCCl)n[nH]1. The van der Waals surface area contributed by atoms with Crippen molar-refractivity contribution in [2.24, 2.45) is 0 Å². The van der Waals surface area contributed by atoms with Gasteiger partial charge in [0.15, 0.2) is 5.82 Å². The average molecular weight is 281 g/mol. The molecule has 1 aromatic rings. The highest BCUT2D eigenvalue weighted by Gasteiger charge is 2.18. The molecule has 0 amide bonds. The van der Waals surface area contributed by atoms with E-state index in [2.05, 4.69) is 15.2 Å². The van der Waals surface area contributed by atoms with E-state index in [-0.39, 0.29) is 12.3 Å². The van der Waals surface area contributed by atoms with Gasteiger partial charge in [0.25, 0.3) is 0 Å². The summed E-state index contributed by atoms with van der Waals surface area (Å²) in [7, 11) is -1.71. The van der Waals surface area contributed by atoms with Crippen molar-refractivity contribution in [1.29, 1.82) is 0 Å². The predicted octanol–water partition coefficient (Wildman–Crippen LogP) is 0.894. The van der Waals surface area contributed by atoms with Crippen LogP contribution in [0.25, 0.3) is 0 Å². The van der Waals surface area contributed by atoms with Gasteiger partial charge in [-0.25, -0.2) is 13.4 Å². The lowest BCUT2D eigenvalue weighted by Gasteiger charge is -2.14. The van der Waals surface area contributed by atoms with Crippen molar-refractivity contribution in [2.45, 2.75) is 26.3 Å². The van der Waals surface area contributed by atoms with Gasteiger partial charge in [0.1, 0.15) is 5.82 Å². The quantitative estimate of drug-likeness (QED) is 0.594. The molecule has 0 unspecified atom stereocenters. The van der Waals surface area contributed by atoms with E-state index in [9.17, 15) is 8.42 Å². The Labute approximate surface area is 106 Å². The third-order valence-electron chi connectivity index (χ3n) is 2.27. The zero-order valence-corrected chi connectivity index (χ0v) is 11.6. The van der Waals surface area contributed by atoms with Crippen molar-refractivity contribution in [3.05, 3.63) is 11.6 Å². The van der Waals surface area contributed by atoms with Crippen LogP contribution in [0.2, 0.25) is 0 Å². The number of H-pyrrole nitrogens is 1. The molecule has 1 aromatic heterocycles. The van der Waals surface area contributed by atoms with Crippen LogP contribution in [0, 0.1) is 6.92 Å². The molecule has 1 N–H and O–H groups in total. The first-order valence-electron chi connectivity index (χ1n) is 5.33. The van der Waals surface area contributed by atoms with Gasteiger partial charge in [0.2, 0.25) is 10.0 Å². The van der Waals surface area contributed by atoms with E-state index in [1.54, 1.807) is 6.92 Å². The largest absolute Gasteiger partial charge is 0.263 e. The molecule has 0 fully saturated rings. The van der Waals surface area contributed by atoms with Crippen LogP contribution in [0.1, 0.15) is 24.5 Å². The number of nitrogens with zero attached hydrogens (tertiary/aromatic N) is 3. The molecular weight excluding hydrogens is 264 g/mol. The van der Waals surface area contributed by atoms with Gasteiger partial charge in [-0.3, -0.25) is 5.10 Å². The maximum Gasteiger partial charge on any atom is 0.214 e. The number of unbranched alkanes of at least 4 members (excludes halogenated alkanes) is 1. The summed E-state index contributed by atoms with van der Waals surface area (Å²) in [6, 6.07) is 0. The number of aromatic amines is 1. The molecule has 0 aliphatic carbocycles. The number of aromatic nitrogens is 3. The molecule has 8 heteroatoms. The van der Waals surface area contributed by atoms with Gasteiger partial charge in [-0.05, 0) is 19.8 Å². The Kier molecular flexibility index (Phi) is 5.35. The third kappa shape index (κ3) is 4.61. The molecule has 1 rings (SSSR count). The fourth-order valence-corrected chi connectivity index (χ4v) is 2.67. The van der Waals surface area contributed by atoms with Gasteiger partial charge < -0.3 is 0 Å². The Hall–Kier alpha value is -0.660. The number of hydrogen-bond acceptors (Lipinski definition) is 4. The molecule has 0 saturated carbocycles. The van der Waals surface area contributed by atoms with Crippen molar-refractivity contribution < 1.29 is 8.42 Å². The van der Waals surface area contributed by atoms with E-state index in [1.807, 2.05) is 0 Å². The van der Waals surface area contributed by atoms with E-state index in [1.165, 1.54) is 11.4 Å². The molecule has 6 nitrogen and oxygen atoms in total. The van der Waals surface area contributed by atoms with E-state index in [4.69, 9.17) is 11.6 Å². The van der Waals surface area contributed by atoms with Crippen LogP contribution < -0.4 is 0 Å². The predicted molar refractivity (Wildman–Crippen MR) is 66.3 cm³/mol. The lowest BCUT2D eigenvalue weighted by Crippen LogP contribution is -2.29. The standard InChI is InChI=1S/C9H17ClN4O2S/c1-8-11-9(13-12-8)7-14(2)17(15,16)6-4-3-5-10/h3-7H2,1-2H3,(H,11,12,13). The lowest BCUT2D eigenvalue weighted by molar-refractivity contribution is 0.455. The van der Waals surface area contributed by atoms with Gasteiger partial charge in [-0.15, -0.1) is 11.6 Å². The smallest absolute Gasteiger partial charge is 0.214 e. The van der Waals surface area contributed by atoms with E-state index in [0.29, 0.717) is 30.4 Å². The Bertz CT molecular complexity index is 446. The Morgan fingerprint density at radius 2 is 2.12 bits per heavy atom. The number of halogens is 1. The minimum atomic E-state index is -3.24. The zero-order valence-electron chi connectivity index (χ0n) is 9.98. The third-order valence-corrected chi connectivity index (χ3v) is 4.42. The van der Waals surface area contributed by atoms with Crippen molar-refractivity contribution in [3.8, 4) is 0 Å². The first kappa shape index (κ1) is 14.4. The van der Waals surface area contributed by atoms with Gasteiger partial charge in [-0.2, -0.15) is 9.40 Å². The maximum atomic E-state index is 11.8. The van der Waals surface area contributed by atoms with Crippen LogP contribution in [-0.4, -0.2) is 46.6 Å². The zero-order chi connectivity index (χ0) is 12.9. The van der Waals surface area contributed by atoms with Crippen molar-refractivity contribution in [3.63, 3.8) is 0 Å². The van der Waals surface area contributed by atoms with Gasteiger partial charge in [-0.1, -0.05) is 0 Å². The molecule has 0 saturated heterocycles. The van der Waals surface area contributed by atoms with Gasteiger partial charge >= 0.3 is 0 Å². The molecule has 0 atom stereocenters. The molecular formula is C9H17ClN4O2S. The van der Waals surface area contributed by atoms with Gasteiger partial charge in [0.05, 0.1) is 12.3 Å². The van der Waals surface area contributed by atoms with Crippen LogP contribution in [0.3, 0.4) is 0 Å². The number of aryl methyl sites for hydroxylation is 1. The Morgan fingerprint density at radius 1 is 1.41 bits per heavy atom. The number of sulfonamides is 1. The average Bonchev–Trinajstić information content (AvgIpc) is 2.64. The molecule has 0 aliphatic heterocycles. The molecule has 17 heavy (non-hydrogen) atoms. The van der Waals surface area contributed by atoms with E-state index in [0.717, 1.165) is 0 Å². The summed E-state index contributed by atoms with van der Waals surface area (Å²) in [5.74, 6) is 1.75. The second-order valence-corrected chi connectivity index (χ2v) is 6.38. The van der Waals surface area contributed by atoms with Crippen molar-refractivity contribution in [1.82, 2.24) is 19.5 Å². The second-order valence-electron chi connectivity index (χ2n) is 3.81. The summed E-state index contributed by atoms with van der Waals surface area (Å²) in [4.78, 5) is 4.07. The number of nitrogens with one attached hydrogen (secondary N) is 1. The number of hydrogen-bond donors (Lipinski definition) is 1. The minimum Gasteiger partial charge on any atom is -0.263 e. The molecule has 0 spiro atoms.